The fourth-order valence-electron chi connectivity index (χ4n) is 2.75. The van der Waals surface area contributed by atoms with Crippen LogP contribution in [0.15, 0.2) is 17.7 Å². The fourth-order valence-corrected chi connectivity index (χ4v) is 3.74. The molecule has 2 heteroatoms. The quantitative estimate of drug-likeness (QED) is 0.621. The highest BCUT2D eigenvalue weighted by molar-refractivity contribution is 7.09. The van der Waals surface area contributed by atoms with Crippen LogP contribution in [0.1, 0.15) is 29.3 Å². The largest absolute Gasteiger partial charge is 0.250 e. The second kappa shape index (κ2) is 2.68. The Morgan fingerprint density at radius 1 is 1.38 bits per heavy atom. The monoisotopic (exact) mass is 191 g/mol. The smallest absolute Gasteiger partial charge is 0.0797 e. The summed E-state index contributed by atoms with van der Waals surface area (Å²) in [5.41, 5.74) is 3.25. The molecule has 0 aromatic carbocycles. The lowest BCUT2D eigenvalue weighted by Crippen LogP contribution is -2.04. The van der Waals surface area contributed by atoms with Crippen molar-refractivity contribution in [2.24, 2.45) is 11.8 Å². The van der Waals surface area contributed by atoms with Crippen molar-refractivity contribution >= 4 is 11.3 Å². The standard InChI is InChI=1S/C11H13NS/c1-7-11(13-6-12-7)10-5-8-2-3-9(10)4-8/h2-3,6,8-10H,4-5H2,1H3/t8-,9+,10-/m0/s1. The lowest BCUT2D eigenvalue weighted by molar-refractivity contribution is 0.591. The summed E-state index contributed by atoms with van der Waals surface area (Å²) < 4.78 is 0. The third-order valence-electron chi connectivity index (χ3n) is 3.40. The first-order valence-corrected chi connectivity index (χ1v) is 5.81. The van der Waals surface area contributed by atoms with E-state index in [9.17, 15) is 0 Å². The number of thiazole rings is 1. The van der Waals surface area contributed by atoms with E-state index in [1.807, 2.05) is 16.8 Å². The van der Waals surface area contributed by atoms with Crippen molar-refractivity contribution in [3.63, 3.8) is 0 Å². The molecule has 0 aliphatic heterocycles. The number of fused-ring (bicyclic) bond motifs is 2. The van der Waals surface area contributed by atoms with Gasteiger partial charge in [0.25, 0.3) is 0 Å². The van der Waals surface area contributed by atoms with Gasteiger partial charge in [0.2, 0.25) is 0 Å². The number of nitrogens with zero attached hydrogens (tertiary/aromatic N) is 1. The molecule has 0 unspecified atom stereocenters. The van der Waals surface area contributed by atoms with Gasteiger partial charge in [-0.25, -0.2) is 4.98 Å². The Kier molecular flexibility index (Phi) is 1.59. The highest BCUT2D eigenvalue weighted by Gasteiger charge is 2.37. The minimum Gasteiger partial charge on any atom is -0.250 e. The summed E-state index contributed by atoms with van der Waals surface area (Å²) in [7, 11) is 0. The molecule has 0 N–H and O–H groups in total. The predicted octanol–water partition coefficient (Wildman–Crippen LogP) is 3.13. The van der Waals surface area contributed by atoms with E-state index in [-0.39, 0.29) is 0 Å². The third kappa shape index (κ3) is 1.08. The second-order valence-corrected chi connectivity index (χ2v) is 5.08. The molecular formula is C11H13NS. The maximum absolute atomic E-state index is 4.34. The van der Waals surface area contributed by atoms with E-state index < -0.39 is 0 Å². The minimum absolute atomic E-state index is 0.794. The predicted molar refractivity (Wildman–Crippen MR) is 54.9 cm³/mol. The van der Waals surface area contributed by atoms with Crippen molar-refractivity contribution in [2.45, 2.75) is 25.7 Å². The van der Waals surface area contributed by atoms with Crippen LogP contribution in [-0.4, -0.2) is 4.98 Å². The van der Waals surface area contributed by atoms with Gasteiger partial charge in [0.15, 0.2) is 0 Å². The van der Waals surface area contributed by atoms with Crippen molar-refractivity contribution in [1.29, 1.82) is 0 Å². The highest BCUT2D eigenvalue weighted by Crippen LogP contribution is 2.50. The van der Waals surface area contributed by atoms with Crippen molar-refractivity contribution < 1.29 is 0 Å². The molecule has 68 valence electrons. The summed E-state index contributed by atoms with van der Waals surface area (Å²) in [6, 6.07) is 0. The zero-order chi connectivity index (χ0) is 8.84. The van der Waals surface area contributed by atoms with Crippen molar-refractivity contribution in [3.8, 4) is 0 Å². The van der Waals surface area contributed by atoms with Crippen molar-refractivity contribution in [3.05, 3.63) is 28.2 Å². The van der Waals surface area contributed by atoms with E-state index in [0.717, 1.165) is 17.8 Å². The lowest BCUT2D eigenvalue weighted by atomic mass is 9.91. The van der Waals surface area contributed by atoms with Gasteiger partial charge in [-0.05, 0) is 31.6 Å². The molecule has 1 aromatic rings. The lowest BCUT2D eigenvalue weighted by Gasteiger charge is -2.16. The van der Waals surface area contributed by atoms with E-state index in [1.54, 1.807) is 0 Å². The van der Waals surface area contributed by atoms with Gasteiger partial charge >= 0.3 is 0 Å². The molecule has 2 aliphatic rings. The number of hydrogen-bond acceptors (Lipinski definition) is 2. The number of hydrogen-bond donors (Lipinski definition) is 0. The second-order valence-electron chi connectivity index (χ2n) is 4.19. The van der Waals surface area contributed by atoms with Gasteiger partial charge in [0, 0.05) is 10.8 Å². The Balaban J connectivity index is 1.96. The van der Waals surface area contributed by atoms with Crippen LogP contribution in [0.3, 0.4) is 0 Å². The maximum Gasteiger partial charge on any atom is 0.0797 e. The summed E-state index contributed by atoms with van der Waals surface area (Å²) >= 11 is 1.84. The molecule has 2 bridgehead atoms. The zero-order valence-electron chi connectivity index (χ0n) is 7.73. The molecule has 1 aromatic heterocycles. The Hall–Kier alpha value is -0.630. The minimum atomic E-state index is 0.794. The van der Waals surface area contributed by atoms with Crippen LogP contribution >= 0.6 is 11.3 Å². The first-order chi connectivity index (χ1) is 6.34. The van der Waals surface area contributed by atoms with Crippen LogP contribution in [0.5, 0.6) is 0 Å². The Morgan fingerprint density at radius 2 is 2.31 bits per heavy atom. The Labute approximate surface area is 82.5 Å². The van der Waals surface area contributed by atoms with Crippen LogP contribution in [-0.2, 0) is 0 Å². The molecule has 0 radical (unpaired) electrons. The van der Waals surface area contributed by atoms with E-state index in [0.29, 0.717) is 0 Å². The molecule has 13 heavy (non-hydrogen) atoms. The van der Waals surface area contributed by atoms with E-state index in [1.165, 1.54) is 23.4 Å². The number of rotatable bonds is 1. The van der Waals surface area contributed by atoms with Crippen LogP contribution < -0.4 is 0 Å². The van der Waals surface area contributed by atoms with Gasteiger partial charge < -0.3 is 0 Å². The average Bonchev–Trinajstić information content (AvgIpc) is 2.77. The first kappa shape index (κ1) is 7.74. The Morgan fingerprint density at radius 3 is 2.85 bits per heavy atom. The summed E-state index contributed by atoms with van der Waals surface area (Å²) in [5, 5.41) is 0. The molecule has 0 amide bonds. The number of aromatic nitrogens is 1. The summed E-state index contributed by atoms with van der Waals surface area (Å²) in [6.07, 6.45) is 7.57. The van der Waals surface area contributed by atoms with Gasteiger partial charge in [-0.1, -0.05) is 12.2 Å². The summed E-state index contributed by atoms with van der Waals surface area (Å²) in [5.74, 6) is 2.49. The van der Waals surface area contributed by atoms with Gasteiger partial charge in [0.1, 0.15) is 0 Å². The third-order valence-corrected chi connectivity index (χ3v) is 4.46. The average molecular weight is 191 g/mol. The zero-order valence-corrected chi connectivity index (χ0v) is 8.55. The van der Waals surface area contributed by atoms with E-state index in [2.05, 4.69) is 24.1 Å². The molecule has 3 atom stereocenters. The van der Waals surface area contributed by atoms with Crippen LogP contribution in [0, 0.1) is 18.8 Å². The van der Waals surface area contributed by atoms with Gasteiger partial charge in [-0.3, -0.25) is 0 Å². The summed E-state index contributed by atoms with van der Waals surface area (Å²) in [4.78, 5) is 5.88. The molecule has 0 saturated heterocycles. The normalized spacial score (nSPS) is 35.9. The van der Waals surface area contributed by atoms with Crippen LogP contribution in [0.2, 0.25) is 0 Å². The van der Waals surface area contributed by atoms with Gasteiger partial charge in [-0.2, -0.15) is 0 Å². The van der Waals surface area contributed by atoms with E-state index in [4.69, 9.17) is 0 Å². The van der Waals surface area contributed by atoms with Crippen molar-refractivity contribution in [2.75, 3.05) is 0 Å². The molecule has 1 nitrogen and oxygen atoms in total. The van der Waals surface area contributed by atoms with Crippen molar-refractivity contribution in [1.82, 2.24) is 4.98 Å². The van der Waals surface area contributed by atoms with Crippen LogP contribution in [0.4, 0.5) is 0 Å². The molecule has 1 heterocycles. The number of allylic oxidation sites excluding steroid dienone is 2. The highest BCUT2D eigenvalue weighted by atomic mass is 32.1. The fraction of sp³-hybridized carbons (Fsp3) is 0.545. The first-order valence-electron chi connectivity index (χ1n) is 4.93. The summed E-state index contributed by atoms with van der Waals surface area (Å²) in [6.45, 7) is 2.14. The molecular weight excluding hydrogens is 178 g/mol. The molecule has 3 rings (SSSR count). The van der Waals surface area contributed by atoms with Gasteiger partial charge in [-0.15, -0.1) is 11.3 Å². The molecule has 1 saturated carbocycles. The molecule has 0 spiro atoms. The van der Waals surface area contributed by atoms with E-state index >= 15 is 0 Å². The Bertz CT molecular complexity index is 353. The molecule has 2 aliphatic carbocycles. The molecule has 1 fully saturated rings. The van der Waals surface area contributed by atoms with Crippen LogP contribution in [0.25, 0.3) is 0 Å². The van der Waals surface area contributed by atoms with Gasteiger partial charge in [0.05, 0.1) is 11.2 Å². The SMILES string of the molecule is Cc1ncsc1[C@H]1C[C@H]2C=C[C@@H]1C2. The number of aryl methyl sites for hydroxylation is 1. The topological polar surface area (TPSA) is 12.9 Å². The maximum atomic E-state index is 4.34.